The summed E-state index contributed by atoms with van der Waals surface area (Å²) in [5.41, 5.74) is 2.10. The van der Waals surface area contributed by atoms with Crippen LogP contribution < -0.4 is 4.31 Å². The van der Waals surface area contributed by atoms with Crippen LogP contribution in [0.4, 0.5) is 10.1 Å². The number of halogens is 1. The molecule has 1 aliphatic rings. The molecule has 0 amide bonds. The molecule has 0 aliphatic carbocycles. The van der Waals surface area contributed by atoms with Crippen LogP contribution in [0.15, 0.2) is 47.4 Å². The van der Waals surface area contributed by atoms with Crippen LogP contribution in [-0.2, 0) is 16.4 Å². The molecule has 0 bridgehead atoms. The minimum atomic E-state index is -3.65. The van der Waals surface area contributed by atoms with Crippen molar-refractivity contribution in [1.82, 2.24) is 0 Å². The van der Waals surface area contributed by atoms with E-state index >= 15 is 0 Å². The lowest BCUT2D eigenvalue weighted by atomic mass is 10.0. The standard InChI is InChI=1S/C16H16FNO2S/c1-12-11-14(8-9-15(12)17)21(19,20)18-10-4-6-13-5-2-3-7-16(13)18/h2-3,5,7-9,11H,4,6,10H2,1H3. The molecule has 0 atom stereocenters. The van der Waals surface area contributed by atoms with E-state index in [4.69, 9.17) is 0 Å². The van der Waals surface area contributed by atoms with Crippen molar-refractivity contribution in [2.45, 2.75) is 24.7 Å². The van der Waals surface area contributed by atoms with Crippen molar-refractivity contribution < 1.29 is 12.8 Å². The molecule has 21 heavy (non-hydrogen) atoms. The average molecular weight is 305 g/mol. The molecule has 3 rings (SSSR count). The van der Waals surface area contributed by atoms with Gasteiger partial charge >= 0.3 is 0 Å². The third-order valence-corrected chi connectivity index (χ3v) is 5.59. The second-order valence-corrected chi connectivity index (χ2v) is 7.08. The minimum absolute atomic E-state index is 0.137. The highest BCUT2D eigenvalue weighted by Gasteiger charge is 2.29. The Bertz CT molecular complexity index is 787. The van der Waals surface area contributed by atoms with Gasteiger partial charge in [-0.2, -0.15) is 0 Å². The zero-order valence-electron chi connectivity index (χ0n) is 11.7. The fraction of sp³-hybridized carbons (Fsp3) is 0.250. The van der Waals surface area contributed by atoms with Gasteiger partial charge in [-0.3, -0.25) is 4.31 Å². The Hall–Kier alpha value is -1.88. The number of fused-ring (bicyclic) bond motifs is 1. The van der Waals surface area contributed by atoms with E-state index in [1.165, 1.54) is 22.5 Å². The van der Waals surface area contributed by atoms with Crippen molar-refractivity contribution in [3.63, 3.8) is 0 Å². The molecule has 0 radical (unpaired) electrons. The molecular weight excluding hydrogens is 289 g/mol. The zero-order valence-corrected chi connectivity index (χ0v) is 12.5. The maximum Gasteiger partial charge on any atom is 0.264 e. The monoisotopic (exact) mass is 305 g/mol. The Morgan fingerprint density at radius 2 is 1.90 bits per heavy atom. The largest absolute Gasteiger partial charge is 0.266 e. The summed E-state index contributed by atoms with van der Waals surface area (Å²) in [6.07, 6.45) is 1.67. The third kappa shape index (κ3) is 2.42. The van der Waals surface area contributed by atoms with E-state index in [-0.39, 0.29) is 4.90 Å². The van der Waals surface area contributed by atoms with Crippen LogP contribution in [-0.4, -0.2) is 15.0 Å². The molecule has 0 saturated heterocycles. The number of sulfonamides is 1. The Morgan fingerprint density at radius 1 is 1.14 bits per heavy atom. The third-order valence-electron chi connectivity index (χ3n) is 3.79. The summed E-state index contributed by atoms with van der Waals surface area (Å²) >= 11 is 0. The summed E-state index contributed by atoms with van der Waals surface area (Å²) in [4.78, 5) is 0.137. The highest BCUT2D eigenvalue weighted by atomic mass is 32.2. The van der Waals surface area contributed by atoms with Crippen LogP contribution in [0.1, 0.15) is 17.5 Å². The number of nitrogens with zero attached hydrogens (tertiary/aromatic N) is 1. The quantitative estimate of drug-likeness (QED) is 0.854. The van der Waals surface area contributed by atoms with E-state index in [9.17, 15) is 12.8 Å². The smallest absolute Gasteiger partial charge is 0.264 e. The number of anilines is 1. The van der Waals surface area contributed by atoms with Gasteiger partial charge in [-0.15, -0.1) is 0 Å². The average Bonchev–Trinajstić information content (AvgIpc) is 2.49. The molecule has 110 valence electrons. The van der Waals surface area contributed by atoms with Crippen LogP contribution in [0.25, 0.3) is 0 Å². The SMILES string of the molecule is Cc1cc(S(=O)(=O)N2CCCc3ccccc32)ccc1F. The van der Waals surface area contributed by atoms with Crippen molar-refractivity contribution in [3.8, 4) is 0 Å². The molecule has 1 heterocycles. The molecule has 0 N–H and O–H groups in total. The van der Waals surface area contributed by atoms with Gasteiger partial charge in [0.15, 0.2) is 0 Å². The van der Waals surface area contributed by atoms with Gasteiger partial charge in [-0.05, 0) is 55.2 Å². The van der Waals surface area contributed by atoms with Crippen molar-refractivity contribution in [3.05, 3.63) is 59.4 Å². The van der Waals surface area contributed by atoms with Gasteiger partial charge in [0.25, 0.3) is 10.0 Å². The molecule has 2 aromatic carbocycles. The van der Waals surface area contributed by atoms with Crippen molar-refractivity contribution in [1.29, 1.82) is 0 Å². The first-order valence-electron chi connectivity index (χ1n) is 6.87. The van der Waals surface area contributed by atoms with Crippen LogP contribution in [0, 0.1) is 12.7 Å². The van der Waals surface area contributed by atoms with Gasteiger partial charge in [-0.25, -0.2) is 12.8 Å². The topological polar surface area (TPSA) is 37.4 Å². The van der Waals surface area contributed by atoms with Gasteiger partial charge in [0, 0.05) is 6.54 Å². The molecule has 0 saturated carbocycles. The summed E-state index contributed by atoms with van der Waals surface area (Å²) in [7, 11) is -3.65. The molecule has 3 nitrogen and oxygen atoms in total. The Kier molecular flexibility index (Phi) is 3.45. The van der Waals surface area contributed by atoms with E-state index in [1.807, 2.05) is 24.3 Å². The zero-order chi connectivity index (χ0) is 15.0. The molecule has 2 aromatic rings. The molecule has 0 aromatic heterocycles. The van der Waals surface area contributed by atoms with E-state index in [0.717, 1.165) is 24.1 Å². The second-order valence-electron chi connectivity index (χ2n) is 5.22. The lowest BCUT2D eigenvalue weighted by Gasteiger charge is -2.30. The first kappa shape index (κ1) is 14.1. The lowest BCUT2D eigenvalue weighted by Crippen LogP contribution is -2.35. The van der Waals surface area contributed by atoms with E-state index < -0.39 is 15.8 Å². The summed E-state index contributed by atoms with van der Waals surface area (Å²) < 4.78 is 40.4. The molecule has 0 spiro atoms. The van der Waals surface area contributed by atoms with Gasteiger partial charge in [-0.1, -0.05) is 18.2 Å². The van der Waals surface area contributed by atoms with E-state index in [2.05, 4.69) is 0 Å². The van der Waals surface area contributed by atoms with Crippen LogP contribution in [0.3, 0.4) is 0 Å². The first-order valence-corrected chi connectivity index (χ1v) is 8.31. The van der Waals surface area contributed by atoms with E-state index in [1.54, 1.807) is 6.92 Å². The van der Waals surface area contributed by atoms with Gasteiger partial charge in [0.1, 0.15) is 5.82 Å². The molecule has 0 unspecified atom stereocenters. The van der Waals surface area contributed by atoms with Gasteiger partial charge in [0.2, 0.25) is 0 Å². The summed E-state index contributed by atoms with van der Waals surface area (Å²) in [6.45, 7) is 2.02. The lowest BCUT2D eigenvalue weighted by molar-refractivity contribution is 0.585. The number of aryl methyl sites for hydroxylation is 2. The minimum Gasteiger partial charge on any atom is -0.266 e. The maximum atomic E-state index is 13.4. The Labute approximate surface area is 124 Å². The maximum absolute atomic E-state index is 13.4. The molecular formula is C16H16FNO2S. The summed E-state index contributed by atoms with van der Waals surface area (Å²) in [5, 5.41) is 0. The summed E-state index contributed by atoms with van der Waals surface area (Å²) in [6, 6.07) is 11.4. The number of rotatable bonds is 2. The highest BCUT2D eigenvalue weighted by Crippen LogP contribution is 2.32. The Morgan fingerprint density at radius 3 is 2.67 bits per heavy atom. The van der Waals surface area contributed by atoms with Gasteiger partial charge in [0.05, 0.1) is 10.6 Å². The number of hydrogen-bond donors (Lipinski definition) is 0. The predicted octanol–water partition coefficient (Wildman–Crippen LogP) is 3.28. The first-order chi connectivity index (χ1) is 10.00. The second kappa shape index (κ2) is 5.15. The fourth-order valence-corrected chi connectivity index (χ4v) is 4.28. The van der Waals surface area contributed by atoms with Gasteiger partial charge < -0.3 is 0 Å². The van der Waals surface area contributed by atoms with Crippen LogP contribution >= 0.6 is 0 Å². The summed E-state index contributed by atoms with van der Waals surface area (Å²) in [5.74, 6) is -0.395. The number of benzene rings is 2. The predicted molar refractivity (Wildman–Crippen MR) is 80.4 cm³/mol. The number of para-hydroxylation sites is 1. The molecule has 1 aliphatic heterocycles. The highest BCUT2D eigenvalue weighted by molar-refractivity contribution is 7.92. The van der Waals surface area contributed by atoms with Crippen molar-refractivity contribution >= 4 is 15.7 Å². The van der Waals surface area contributed by atoms with Crippen molar-refractivity contribution in [2.24, 2.45) is 0 Å². The normalized spacial score (nSPS) is 14.9. The van der Waals surface area contributed by atoms with E-state index in [0.29, 0.717) is 12.1 Å². The Balaban J connectivity index is 2.09. The van der Waals surface area contributed by atoms with Crippen LogP contribution in [0.2, 0.25) is 0 Å². The fourth-order valence-electron chi connectivity index (χ4n) is 2.65. The molecule has 0 fully saturated rings. The molecule has 5 heteroatoms. The van der Waals surface area contributed by atoms with Crippen molar-refractivity contribution in [2.75, 3.05) is 10.8 Å². The van der Waals surface area contributed by atoms with Crippen LogP contribution in [0.5, 0.6) is 0 Å². The number of hydrogen-bond acceptors (Lipinski definition) is 2.